The van der Waals surface area contributed by atoms with Gasteiger partial charge in [-0.3, -0.25) is 9.59 Å². The second-order valence-corrected chi connectivity index (χ2v) is 5.59. The number of amides is 2. The molecule has 2 N–H and O–H groups in total. The van der Waals surface area contributed by atoms with E-state index in [9.17, 15) is 9.59 Å². The molecule has 1 fully saturated rings. The number of nitrogens with one attached hydrogen (secondary N) is 2. The summed E-state index contributed by atoms with van der Waals surface area (Å²) >= 11 is 0. The van der Waals surface area contributed by atoms with E-state index in [0.717, 1.165) is 30.6 Å². The van der Waals surface area contributed by atoms with Crippen LogP contribution in [0.2, 0.25) is 0 Å². The quantitative estimate of drug-likeness (QED) is 0.836. The third-order valence-corrected chi connectivity index (χ3v) is 3.72. The molecule has 1 aromatic rings. The second kappa shape index (κ2) is 6.72. The number of carbonyl (C=O) groups is 2. The molecule has 0 aromatic heterocycles. The smallest absolute Gasteiger partial charge is 0.313 e. The van der Waals surface area contributed by atoms with Gasteiger partial charge in [0.15, 0.2) is 0 Å². The van der Waals surface area contributed by atoms with Crippen molar-refractivity contribution in [2.24, 2.45) is 0 Å². The lowest BCUT2D eigenvalue weighted by atomic mass is 10.1. The van der Waals surface area contributed by atoms with Crippen LogP contribution in [0.1, 0.15) is 30.9 Å². The minimum absolute atomic E-state index is 0.00265. The molecular weight excluding hydrogens is 268 g/mol. The molecule has 21 heavy (non-hydrogen) atoms. The van der Waals surface area contributed by atoms with E-state index in [1.54, 1.807) is 6.07 Å². The lowest BCUT2D eigenvalue weighted by Gasteiger charge is -2.19. The summed E-state index contributed by atoms with van der Waals surface area (Å²) in [6.07, 6.45) is 1.92. The number of aryl methyl sites for hydroxylation is 2. The highest BCUT2D eigenvalue weighted by atomic mass is 16.5. The maximum Gasteiger partial charge on any atom is 0.313 e. The molecule has 1 heterocycles. The van der Waals surface area contributed by atoms with Crippen LogP contribution in [0.4, 0.5) is 5.69 Å². The van der Waals surface area contributed by atoms with Crippen LogP contribution in [0.3, 0.4) is 0 Å². The van der Waals surface area contributed by atoms with Crippen LogP contribution in [0.15, 0.2) is 18.2 Å². The molecule has 1 aliphatic rings. The third kappa shape index (κ3) is 4.04. The number of carbonyl (C=O) groups excluding carboxylic acids is 2. The molecule has 0 bridgehead atoms. The van der Waals surface area contributed by atoms with Gasteiger partial charge < -0.3 is 15.4 Å². The summed E-state index contributed by atoms with van der Waals surface area (Å²) in [5, 5.41) is 5.34. The fraction of sp³-hybridized carbons (Fsp3) is 0.500. The van der Waals surface area contributed by atoms with E-state index in [1.807, 2.05) is 32.9 Å². The molecule has 1 saturated heterocycles. The Morgan fingerprint density at radius 3 is 2.67 bits per heavy atom. The zero-order chi connectivity index (χ0) is 15.4. The first-order valence-electron chi connectivity index (χ1n) is 7.28. The Balaban J connectivity index is 1.91. The van der Waals surface area contributed by atoms with Crippen molar-refractivity contribution in [2.45, 2.75) is 45.8 Å². The van der Waals surface area contributed by atoms with Crippen LogP contribution in [0, 0.1) is 13.8 Å². The maximum absolute atomic E-state index is 11.9. The largest absolute Gasteiger partial charge is 0.376 e. The van der Waals surface area contributed by atoms with Gasteiger partial charge in [0.2, 0.25) is 0 Å². The fourth-order valence-corrected chi connectivity index (χ4v) is 2.50. The normalized spacial score (nSPS) is 19.1. The molecule has 2 rings (SSSR count). The molecule has 0 saturated carbocycles. The van der Waals surface area contributed by atoms with Crippen molar-refractivity contribution in [3.05, 3.63) is 29.3 Å². The first-order valence-corrected chi connectivity index (χ1v) is 7.28. The van der Waals surface area contributed by atoms with Crippen LogP contribution in [0.25, 0.3) is 0 Å². The predicted octanol–water partition coefficient (Wildman–Crippen LogP) is 1.93. The van der Waals surface area contributed by atoms with Crippen molar-refractivity contribution >= 4 is 17.5 Å². The number of benzene rings is 1. The number of hydrogen-bond donors (Lipinski definition) is 2. The number of anilines is 1. The first kappa shape index (κ1) is 15.5. The van der Waals surface area contributed by atoms with Gasteiger partial charge in [0, 0.05) is 12.3 Å². The topological polar surface area (TPSA) is 67.4 Å². The minimum atomic E-state index is -0.646. The van der Waals surface area contributed by atoms with Gasteiger partial charge in [-0.05, 0) is 45.2 Å². The highest BCUT2D eigenvalue weighted by Crippen LogP contribution is 2.17. The fourth-order valence-electron chi connectivity index (χ4n) is 2.50. The van der Waals surface area contributed by atoms with Gasteiger partial charge in [0.1, 0.15) is 0 Å². The summed E-state index contributed by atoms with van der Waals surface area (Å²) in [5.74, 6) is -1.27. The van der Waals surface area contributed by atoms with Crippen LogP contribution >= 0.6 is 0 Å². The van der Waals surface area contributed by atoms with Gasteiger partial charge >= 0.3 is 11.8 Å². The van der Waals surface area contributed by atoms with Crippen molar-refractivity contribution in [3.63, 3.8) is 0 Å². The lowest BCUT2D eigenvalue weighted by Crippen LogP contribution is -2.45. The average Bonchev–Trinajstić information content (AvgIpc) is 2.95. The van der Waals surface area contributed by atoms with E-state index < -0.39 is 11.8 Å². The molecular formula is C16H22N2O3. The van der Waals surface area contributed by atoms with Crippen molar-refractivity contribution < 1.29 is 14.3 Å². The van der Waals surface area contributed by atoms with E-state index in [4.69, 9.17) is 4.74 Å². The van der Waals surface area contributed by atoms with Gasteiger partial charge in [-0.2, -0.15) is 0 Å². The van der Waals surface area contributed by atoms with Crippen LogP contribution in [-0.2, 0) is 14.3 Å². The molecule has 2 atom stereocenters. The highest BCUT2D eigenvalue weighted by molar-refractivity contribution is 6.39. The standard InChI is InChI=1S/C16H22N2O3/c1-10-6-7-13(11(2)9-10)18-16(20)15(19)17-12(3)14-5-4-8-21-14/h6-7,9,12,14H,4-5,8H2,1-3H3,(H,17,19)(H,18,20). The molecule has 2 unspecified atom stereocenters. The molecule has 5 heteroatoms. The van der Waals surface area contributed by atoms with E-state index in [2.05, 4.69) is 10.6 Å². The zero-order valence-corrected chi connectivity index (χ0v) is 12.7. The summed E-state index contributed by atoms with van der Waals surface area (Å²) in [5.41, 5.74) is 2.70. The van der Waals surface area contributed by atoms with Gasteiger partial charge in [-0.15, -0.1) is 0 Å². The van der Waals surface area contributed by atoms with Gasteiger partial charge in [0.05, 0.1) is 12.1 Å². The Kier molecular flexibility index (Phi) is 4.96. The average molecular weight is 290 g/mol. The summed E-state index contributed by atoms with van der Waals surface area (Å²) in [7, 11) is 0. The Morgan fingerprint density at radius 1 is 1.29 bits per heavy atom. The maximum atomic E-state index is 11.9. The van der Waals surface area contributed by atoms with Crippen molar-refractivity contribution in [3.8, 4) is 0 Å². The summed E-state index contributed by atoms with van der Waals surface area (Å²) < 4.78 is 5.50. The summed E-state index contributed by atoms with van der Waals surface area (Å²) in [6.45, 7) is 6.46. The summed E-state index contributed by atoms with van der Waals surface area (Å²) in [6, 6.07) is 5.50. The van der Waals surface area contributed by atoms with Gasteiger partial charge in [-0.25, -0.2) is 0 Å². The van der Waals surface area contributed by atoms with Crippen molar-refractivity contribution in [1.29, 1.82) is 0 Å². The van der Waals surface area contributed by atoms with Crippen molar-refractivity contribution in [1.82, 2.24) is 5.32 Å². The van der Waals surface area contributed by atoms with Crippen LogP contribution < -0.4 is 10.6 Å². The van der Waals surface area contributed by atoms with Crippen molar-refractivity contribution in [2.75, 3.05) is 11.9 Å². The summed E-state index contributed by atoms with van der Waals surface area (Å²) in [4.78, 5) is 23.9. The predicted molar refractivity (Wildman–Crippen MR) is 81.1 cm³/mol. The Hall–Kier alpha value is -1.88. The SMILES string of the molecule is Cc1ccc(NC(=O)C(=O)NC(C)C2CCCO2)c(C)c1. The molecule has 2 amide bonds. The molecule has 1 aromatic carbocycles. The van der Waals surface area contributed by atoms with E-state index in [-0.39, 0.29) is 12.1 Å². The van der Waals surface area contributed by atoms with E-state index in [0.29, 0.717) is 5.69 Å². The second-order valence-electron chi connectivity index (χ2n) is 5.59. The van der Waals surface area contributed by atoms with Gasteiger partial charge in [0.25, 0.3) is 0 Å². The lowest BCUT2D eigenvalue weighted by molar-refractivity contribution is -0.137. The number of ether oxygens (including phenoxy) is 1. The monoisotopic (exact) mass is 290 g/mol. The first-order chi connectivity index (χ1) is 9.97. The highest BCUT2D eigenvalue weighted by Gasteiger charge is 2.25. The number of hydrogen-bond acceptors (Lipinski definition) is 3. The third-order valence-electron chi connectivity index (χ3n) is 3.72. The molecule has 1 aliphatic heterocycles. The Labute approximate surface area is 125 Å². The van der Waals surface area contributed by atoms with Gasteiger partial charge in [-0.1, -0.05) is 17.7 Å². The Bertz CT molecular complexity index is 536. The van der Waals surface area contributed by atoms with E-state index >= 15 is 0 Å². The van der Waals surface area contributed by atoms with Crippen LogP contribution in [-0.4, -0.2) is 30.6 Å². The molecule has 0 spiro atoms. The van der Waals surface area contributed by atoms with E-state index in [1.165, 1.54) is 0 Å². The molecule has 5 nitrogen and oxygen atoms in total. The minimum Gasteiger partial charge on any atom is -0.376 e. The Morgan fingerprint density at radius 2 is 2.05 bits per heavy atom. The molecule has 0 aliphatic carbocycles. The zero-order valence-electron chi connectivity index (χ0n) is 12.7. The molecule has 114 valence electrons. The molecule has 0 radical (unpaired) electrons. The van der Waals surface area contributed by atoms with Crippen LogP contribution in [0.5, 0.6) is 0 Å². The number of rotatable bonds is 3.